The predicted molar refractivity (Wildman–Crippen MR) is 161 cm³/mol. The van der Waals surface area contributed by atoms with Crippen LogP contribution in [0.1, 0.15) is 0 Å². The van der Waals surface area contributed by atoms with E-state index < -0.39 is 0 Å². The van der Waals surface area contributed by atoms with Crippen molar-refractivity contribution in [2.45, 2.75) is 0 Å². The van der Waals surface area contributed by atoms with Crippen molar-refractivity contribution in [3.05, 3.63) is 158 Å². The molecule has 0 fully saturated rings. The summed E-state index contributed by atoms with van der Waals surface area (Å²) in [6, 6.07) is 54.8. The average Bonchev–Trinajstić information content (AvgIpc) is 3.01. The van der Waals surface area contributed by atoms with Gasteiger partial charge in [0.05, 0.1) is 11.4 Å². The fraction of sp³-hybridized carbons (Fsp3) is 0. The summed E-state index contributed by atoms with van der Waals surface area (Å²) >= 11 is 0. The summed E-state index contributed by atoms with van der Waals surface area (Å²) in [7, 11) is 0. The molecular formula is C36H26N2O. The number of benzene rings is 6. The highest BCUT2D eigenvalue weighted by Crippen LogP contribution is 2.51. The van der Waals surface area contributed by atoms with Crippen LogP contribution >= 0.6 is 0 Å². The minimum Gasteiger partial charge on any atom is -0.453 e. The van der Waals surface area contributed by atoms with E-state index in [0.717, 1.165) is 56.8 Å². The normalized spacial score (nSPS) is 11.7. The molecule has 3 nitrogen and oxygen atoms in total. The number of hydrogen-bond donors (Lipinski definition) is 0. The van der Waals surface area contributed by atoms with Crippen molar-refractivity contribution in [2.24, 2.45) is 0 Å². The average molecular weight is 503 g/mol. The number of para-hydroxylation sites is 5. The van der Waals surface area contributed by atoms with Crippen LogP contribution in [0.2, 0.25) is 0 Å². The fourth-order valence-electron chi connectivity index (χ4n) is 5.22. The Morgan fingerprint density at radius 1 is 0.410 bits per heavy atom. The van der Waals surface area contributed by atoms with Gasteiger partial charge >= 0.3 is 0 Å². The van der Waals surface area contributed by atoms with Crippen molar-refractivity contribution in [3.8, 4) is 22.6 Å². The van der Waals surface area contributed by atoms with Gasteiger partial charge in [0.15, 0.2) is 11.5 Å². The molecule has 1 aliphatic rings. The maximum Gasteiger partial charge on any atom is 0.151 e. The maximum atomic E-state index is 6.35. The number of anilines is 6. The number of fused-ring (bicyclic) bond motifs is 2. The Hall–Kier alpha value is -5.28. The molecule has 6 aromatic rings. The first kappa shape index (κ1) is 22.9. The smallest absolute Gasteiger partial charge is 0.151 e. The molecule has 0 spiro atoms. The minimum atomic E-state index is 0.840. The Balaban J connectivity index is 1.34. The lowest BCUT2D eigenvalue weighted by molar-refractivity contribution is 0.477. The van der Waals surface area contributed by atoms with Crippen molar-refractivity contribution in [2.75, 3.05) is 9.80 Å². The topological polar surface area (TPSA) is 15.7 Å². The third-order valence-corrected chi connectivity index (χ3v) is 7.01. The SMILES string of the molecule is c1ccc(N(c2ccccc2)c2cccc(-c3ccc4c(c3)N(c3ccccc3)c3ccccc3O4)c2)cc1. The van der Waals surface area contributed by atoms with E-state index in [1.54, 1.807) is 0 Å². The molecule has 1 heterocycles. The van der Waals surface area contributed by atoms with E-state index in [9.17, 15) is 0 Å². The number of rotatable bonds is 5. The van der Waals surface area contributed by atoms with Gasteiger partial charge in [0.25, 0.3) is 0 Å². The van der Waals surface area contributed by atoms with E-state index >= 15 is 0 Å². The highest BCUT2D eigenvalue weighted by molar-refractivity contribution is 5.89. The Labute approximate surface area is 228 Å². The first-order valence-electron chi connectivity index (χ1n) is 13.1. The molecular weight excluding hydrogens is 476 g/mol. The molecule has 0 unspecified atom stereocenters. The summed E-state index contributed by atoms with van der Waals surface area (Å²) < 4.78 is 6.35. The zero-order valence-electron chi connectivity index (χ0n) is 21.3. The molecule has 0 aliphatic carbocycles. The molecule has 6 aromatic carbocycles. The molecule has 0 saturated carbocycles. The van der Waals surface area contributed by atoms with Crippen LogP contribution in [0, 0.1) is 0 Å². The van der Waals surface area contributed by atoms with Gasteiger partial charge < -0.3 is 14.5 Å². The largest absolute Gasteiger partial charge is 0.453 e. The third kappa shape index (κ3) is 4.30. The maximum absolute atomic E-state index is 6.35. The molecule has 186 valence electrons. The van der Waals surface area contributed by atoms with Gasteiger partial charge in [0.2, 0.25) is 0 Å². The van der Waals surface area contributed by atoms with Crippen LogP contribution in [0.3, 0.4) is 0 Å². The van der Waals surface area contributed by atoms with Crippen LogP contribution in [0.5, 0.6) is 11.5 Å². The molecule has 0 radical (unpaired) electrons. The Morgan fingerprint density at radius 3 is 1.69 bits per heavy atom. The number of ether oxygens (including phenoxy) is 1. The van der Waals surface area contributed by atoms with E-state index in [1.165, 1.54) is 0 Å². The highest BCUT2D eigenvalue weighted by Gasteiger charge is 2.26. The summed E-state index contributed by atoms with van der Waals surface area (Å²) in [6.07, 6.45) is 0. The Kier molecular flexibility index (Phi) is 5.80. The molecule has 0 amide bonds. The van der Waals surface area contributed by atoms with E-state index in [0.29, 0.717) is 0 Å². The van der Waals surface area contributed by atoms with Gasteiger partial charge in [0.1, 0.15) is 0 Å². The van der Waals surface area contributed by atoms with Crippen LogP contribution in [0.25, 0.3) is 11.1 Å². The second kappa shape index (κ2) is 9.88. The molecule has 0 atom stereocenters. The number of nitrogens with zero attached hydrogens (tertiary/aromatic N) is 2. The lowest BCUT2D eigenvalue weighted by Crippen LogP contribution is -2.15. The summed E-state index contributed by atoms with van der Waals surface area (Å²) in [5.74, 6) is 1.69. The van der Waals surface area contributed by atoms with Gasteiger partial charge in [-0.25, -0.2) is 0 Å². The van der Waals surface area contributed by atoms with Crippen LogP contribution in [-0.4, -0.2) is 0 Å². The Bertz CT molecular complexity index is 1690. The predicted octanol–water partition coefficient (Wildman–Crippen LogP) is 10.4. The molecule has 39 heavy (non-hydrogen) atoms. The Morgan fingerprint density at radius 2 is 0.974 bits per heavy atom. The van der Waals surface area contributed by atoms with Crippen molar-refractivity contribution in [1.82, 2.24) is 0 Å². The summed E-state index contributed by atoms with van der Waals surface area (Å²) in [4.78, 5) is 4.57. The van der Waals surface area contributed by atoms with Crippen LogP contribution in [0.4, 0.5) is 34.1 Å². The van der Waals surface area contributed by atoms with Crippen LogP contribution in [-0.2, 0) is 0 Å². The molecule has 0 saturated heterocycles. The van der Waals surface area contributed by atoms with Gasteiger partial charge in [-0.15, -0.1) is 0 Å². The standard InChI is InChI=1S/C36H26N2O/c1-4-14-29(15-5-1)37(30-16-6-2-7-17-30)32-20-12-13-27(25-32)28-23-24-36-34(26-28)38(31-18-8-3-9-19-31)33-21-10-11-22-35(33)39-36/h1-26H. The van der Waals surface area contributed by atoms with Crippen molar-refractivity contribution >= 4 is 34.1 Å². The molecule has 7 rings (SSSR count). The minimum absolute atomic E-state index is 0.840. The lowest BCUT2D eigenvalue weighted by Gasteiger charge is -2.33. The van der Waals surface area contributed by atoms with Gasteiger partial charge in [-0.2, -0.15) is 0 Å². The molecule has 0 bridgehead atoms. The van der Waals surface area contributed by atoms with Crippen molar-refractivity contribution < 1.29 is 4.74 Å². The van der Waals surface area contributed by atoms with Gasteiger partial charge in [0, 0.05) is 22.7 Å². The molecule has 1 aliphatic heterocycles. The fourth-order valence-corrected chi connectivity index (χ4v) is 5.22. The summed E-state index contributed by atoms with van der Waals surface area (Å²) in [5.41, 5.74) is 8.74. The van der Waals surface area contributed by atoms with E-state index in [1.807, 2.05) is 18.2 Å². The summed E-state index contributed by atoms with van der Waals surface area (Å²) in [5, 5.41) is 0. The van der Waals surface area contributed by atoms with Gasteiger partial charge in [-0.1, -0.05) is 84.9 Å². The second-order valence-corrected chi connectivity index (χ2v) is 9.48. The van der Waals surface area contributed by atoms with Gasteiger partial charge in [-0.3, -0.25) is 0 Å². The van der Waals surface area contributed by atoms with E-state index in [4.69, 9.17) is 4.74 Å². The first-order valence-corrected chi connectivity index (χ1v) is 13.1. The quantitative estimate of drug-likeness (QED) is 0.233. The molecule has 0 N–H and O–H groups in total. The third-order valence-electron chi connectivity index (χ3n) is 7.01. The zero-order valence-corrected chi connectivity index (χ0v) is 21.3. The lowest BCUT2D eigenvalue weighted by atomic mass is 10.0. The van der Waals surface area contributed by atoms with E-state index in [-0.39, 0.29) is 0 Å². The highest BCUT2D eigenvalue weighted by atomic mass is 16.5. The first-order chi connectivity index (χ1) is 19.3. The zero-order chi connectivity index (χ0) is 26.0. The van der Waals surface area contributed by atoms with Crippen molar-refractivity contribution in [3.63, 3.8) is 0 Å². The van der Waals surface area contributed by atoms with Crippen LogP contribution < -0.4 is 14.5 Å². The molecule has 3 heteroatoms. The molecule has 0 aromatic heterocycles. The van der Waals surface area contributed by atoms with Crippen molar-refractivity contribution in [1.29, 1.82) is 0 Å². The monoisotopic (exact) mass is 502 g/mol. The van der Waals surface area contributed by atoms with E-state index in [2.05, 4.69) is 149 Å². The van der Waals surface area contributed by atoms with Gasteiger partial charge in [-0.05, 0) is 83.9 Å². The van der Waals surface area contributed by atoms with Crippen LogP contribution in [0.15, 0.2) is 158 Å². The second-order valence-electron chi connectivity index (χ2n) is 9.48. The summed E-state index contributed by atoms with van der Waals surface area (Å²) in [6.45, 7) is 0. The number of hydrogen-bond acceptors (Lipinski definition) is 3.